The summed E-state index contributed by atoms with van der Waals surface area (Å²) in [6.45, 7) is 1.55. The molecule has 2 amide bonds. The maximum atomic E-state index is 12.4. The molecule has 1 atom stereocenters. The van der Waals surface area contributed by atoms with Gasteiger partial charge in [0.25, 0.3) is 5.91 Å². The number of hydrogen-bond donors (Lipinski definition) is 2. The lowest BCUT2D eigenvalue weighted by Gasteiger charge is -2.21. The van der Waals surface area contributed by atoms with Crippen molar-refractivity contribution >= 4 is 56.4 Å². The molecule has 0 saturated carbocycles. The Balaban J connectivity index is 1.66. The van der Waals surface area contributed by atoms with Crippen LogP contribution in [0.5, 0.6) is 0 Å². The normalized spacial score (nSPS) is 15.7. The number of sulfonamides is 1. The molecule has 0 radical (unpaired) electrons. The van der Waals surface area contributed by atoms with Crippen LogP contribution in [-0.4, -0.2) is 39.1 Å². The summed E-state index contributed by atoms with van der Waals surface area (Å²) in [6, 6.07) is 9.25. The minimum absolute atomic E-state index is 0.216. The summed E-state index contributed by atoms with van der Waals surface area (Å²) in [5, 5.41) is 5.87. The van der Waals surface area contributed by atoms with Crippen molar-refractivity contribution in [1.29, 1.82) is 0 Å². The van der Waals surface area contributed by atoms with Crippen LogP contribution >= 0.6 is 23.2 Å². The van der Waals surface area contributed by atoms with E-state index in [0.29, 0.717) is 33.4 Å². The topological polar surface area (TPSA) is 95.6 Å². The molecule has 0 saturated heterocycles. The van der Waals surface area contributed by atoms with Gasteiger partial charge in [-0.15, -0.1) is 0 Å². The first-order chi connectivity index (χ1) is 13.6. The van der Waals surface area contributed by atoms with Crippen LogP contribution in [0.25, 0.3) is 0 Å². The van der Waals surface area contributed by atoms with E-state index < -0.39 is 21.8 Å². The van der Waals surface area contributed by atoms with Gasteiger partial charge in [0, 0.05) is 16.6 Å². The summed E-state index contributed by atoms with van der Waals surface area (Å²) in [5.41, 5.74) is 2.04. The van der Waals surface area contributed by atoms with E-state index in [1.807, 2.05) is 6.92 Å². The largest absolute Gasteiger partial charge is 0.343 e. The smallest absolute Gasteiger partial charge is 0.251 e. The van der Waals surface area contributed by atoms with Gasteiger partial charge in [0.05, 0.1) is 29.2 Å². The molecule has 0 fully saturated rings. The van der Waals surface area contributed by atoms with E-state index >= 15 is 0 Å². The van der Waals surface area contributed by atoms with E-state index in [1.54, 1.807) is 24.3 Å². The average Bonchev–Trinajstić information content (AvgIpc) is 2.97. The Morgan fingerprint density at radius 1 is 1.17 bits per heavy atom. The lowest BCUT2D eigenvalue weighted by molar-refractivity contribution is -0.115. The second kappa shape index (κ2) is 8.22. The van der Waals surface area contributed by atoms with Gasteiger partial charge in [-0.1, -0.05) is 23.2 Å². The van der Waals surface area contributed by atoms with E-state index in [0.717, 1.165) is 11.8 Å². The predicted octanol–water partition coefficient (Wildman–Crippen LogP) is 3.07. The summed E-state index contributed by atoms with van der Waals surface area (Å²) in [5.74, 6) is -0.897. The number of fused-ring (bicyclic) bond motifs is 1. The van der Waals surface area contributed by atoms with Gasteiger partial charge in [-0.05, 0) is 55.3 Å². The number of nitrogens with one attached hydrogen (secondary N) is 2. The van der Waals surface area contributed by atoms with Crippen LogP contribution in [-0.2, 0) is 21.2 Å². The number of carbonyl (C=O) groups excluding carboxylic acids is 2. The number of halogens is 2. The number of nitrogens with zero attached hydrogens (tertiary/aromatic N) is 1. The number of carbonyl (C=O) groups is 2. The molecule has 0 aliphatic carbocycles. The van der Waals surface area contributed by atoms with E-state index in [4.69, 9.17) is 23.2 Å². The zero-order valence-electron chi connectivity index (χ0n) is 15.7. The van der Waals surface area contributed by atoms with Crippen molar-refractivity contribution in [3.8, 4) is 0 Å². The minimum atomic E-state index is -3.40. The van der Waals surface area contributed by atoms with E-state index in [1.165, 1.54) is 16.4 Å². The van der Waals surface area contributed by atoms with Crippen LogP contribution < -0.4 is 14.9 Å². The van der Waals surface area contributed by atoms with Gasteiger partial charge >= 0.3 is 0 Å². The molecule has 1 heterocycles. The van der Waals surface area contributed by atoms with Gasteiger partial charge in [-0.2, -0.15) is 0 Å². The fraction of sp³-hybridized carbons (Fsp3) is 0.263. The van der Waals surface area contributed by atoms with E-state index in [-0.39, 0.29) is 12.6 Å². The Bertz CT molecular complexity index is 1090. The molecule has 0 spiro atoms. The SMILES string of the molecule is C[C@H]1Cc2cc(C(=O)NCC(=O)Nc3cc(Cl)ccc3Cl)ccc2N1S(C)(=O)=O. The quantitative estimate of drug-likeness (QED) is 0.723. The molecule has 1 aliphatic heterocycles. The van der Waals surface area contributed by atoms with Crippen LogP contribution in [0.1, 0.15) is 22.8 Å². The Labute approximate surface area is 179 Å². The van der Waals surface area contributed by atoms with Crippen LogP contribution in [0.2, 0.25) is 10.0 Å². The molecule has 1 aliphatic rings. The van der Waals surface area contributed by atoms with Crippen LogP contribution in [0, 0.1) is 0 Å². The molecule has 0 bridgehead atoms. The monoisotopic (exact) mass is 455 g/mol. The standard InChI is InChI=1S/C19H19Cl2N3O4S/c1-11-7-13-8-12(3-6-17(13)24(11)29(2,27)28)19(26)22-10-18(25)23-16-9-14(20)4-5-15(16)21/h3-6,8-9,11H,7,10H2,1-2H3,(H,22,26)(H,23,25)/t11-/m0/s1. The summed E-state index contributed by atoms with van der Waals surface area (Å²) >= 11 is 11.9. The van der Waals surface area contributed by atoms with Gasteiger partial charge in [-0.25, -0.2) is 8.42 Å². The minimum Gasteiger partial charge on any atom is -0.343 e. The zero-order chi connectivity index (χ0) is 21.3. The van der Waals surface area contributed by atoms with Gasteiger partial charge < -0.3 is 10.6 Å². The van der Waals surface area contributed by atoms with Gasteiger partial charge in [0.15, 0.2) is 0 Å². The first kappa shape index (κ1) is 21.4. The maximum absolute atomic E-state index is 12.4. The van der Waals surface area contributed by atoms with Crippen molar-refractivity contribution in [3.05, 3.63) is 57.6 Å². The number of hydrogen-bond acceptors (Lipinski definition) is 4. The van der Waals surface area contributed by atoms with Crippen LogP contribution in [0.3, 0.4) is 0 Å². The summed E-state index contributed by atoms with van der Waals surface area (Å²) in [7, 11) is -3.40. The summed E-state index contributed by atoms with van der Waals surface area (Å²) in [4.78, 5) is 24.5. The van der Waals surface area contributed by atoms with Gasteiger partial charge in [0.2, 0.25) is 15.9 Å². The number of anilines is 2. The molecule has 29 heavy (non-hydrogen) atoms. The van der Waals surface area contributed by atoms with Crippen molar-refractivity contribution in [1.82, 2.24) is 5.32 Å². The molecule has 10 heteroatoms. The molecule has 7 nitrogen and oxygen atoms in total. The van der Waals surface area contributed by atoms with Crippen molar-refractivity contribution in [2.45, 2.75) is 19.4 Å². The van der Waals surface area contributed by atoms with Crippen LogP contribution in [0.4, 0.5) is 11.4 Å². The van der Waals surface area contributed by atoms with Gasteiger partial charge in [-0.3, -0.25) is 13.9 Å². The van der Waals surface area contributed by atoms with E-state index in [2.05, 4.69) is 10.6 Å². The fourth-order valence-corrected chi connectivity index (χ4v) is 4.90. The Morgan fingerprint density at radius 2 is 1.90 bits per heavy atom. The average molecular weight is 456 g/mol. The second-order valence-electron chi connectivity index (χ2n) is 6.81. The molecule has 2 aromatic rings. The second-order valence-corrected chi connectivity index (χ2v) is 9.51. The highest BCUT2D eigenvalue weighted by Crippen LogP contribution is 2.34. The van der Waals surface area contributed by atoms with Crippen LogP contribution in [0.15, 0.2) is 36.4 Å². The Morgan fingerprint density at radius 3 is 2.59 bits per heavy atom. The van der Waals surface area contributed by atoms with Crippen molar-refractivity contribution in [2.24, 2.45) is 0 Å². The zero-order valence-corrected chi connectivity index (χ0v) is 18.0. The Hall–Kier alpha value is -2.29. The third-order valence-electron chi connectivity index (χ3n) is 4.46. The van der Waals surface area contributed by atoms with Crippen molar-refractivity contribution < 1.29 is 18.0 Å². The third-order valence-corrected chi connectivity index (χ3v) is 6.30. The first-order valence-electron chi connectivity index (χ1n) is 8.71. The summed E-state index contributed by atoms with van der Waals surface area (Å²) < 4.78 is 25.3. The van der Waals surface area contributed by atoms with Crippen molar-refractivity contribution in [3.63, 3.8) is 0 Å². The van der Waals surface area contributed by atoms with Crippen molar-refractivity contribution in [2.75, 3.05) is 22.4 Å². The highest BCUT2D eigenvalue weighted by molar-refractivity contribution is 7.92. The third kappa shape index (κ3) is 4.83. The lowest BCUT2D eigenvalue weighted by atomic mass is 10.1. The highest BCUT2D eigenvalue weighted by Gasteiger charge is 2.32. The molecule has 154 valence electrons. The molecule has 0 unspecified atom stereocenters. The van der Waals surface area contributed by atoms with E-state index in [9.17, 15) is 18.0 Å². The first-order valence-corrected chi connectivity index (χ1v) is 11.3. The number of amides is 2. The lowest BCUT2D eigenvalue weighted by Crippen LogP contribution is -2.34. The molecular formula is C19H19Cl2N3O4S. The highest BCUT2D eigenvalue weighted by atomic mass is 35.5. The Kier molecular flexibility index (Phi) is 6.07. The molecule has 3 rings (SSSR count). The molecule has 0 aromatic heterocycles. The van der Waals surface area contributed by atoms with Gasteiger partial charge in [0.1, 0.15) is 0 Å². The molecular weight excluding hydrogens is 437 g/mol. The molecule has 2 aromatic carbocycles. The number of benzene rings is 2. The maximum Gasteiger partial charge on any atom is 0.251 e. The number of rotatable bonds is 5. The fourth-order valence-electron chi connectivity index (χ4n) is 3.30. The predicted molar refractivity (Wildman–Crippen MR) is 114 cm³/mol. The summed E-state index contributed by atoms with van der Waals surface area (Å²) in [6.07, 6.45) is 1.67. The molecule has 2 N–H and O–H groups in total.